The fraction of sp³-hybridized carbons (Fsp3) is 0.650. The summed E-state index contributed by atoms with van der Waals surface area (Å²) in [6.45, 7) is 6.55. The van der Waals surface area contributed by atoms with E-state index in [1.807, 2.05) is 32.0 Å². The molecule has 2 aliphatic rings. The topological polar surface area (TPSA) is 61.8 Å². The second-order valence-corrected chi connectivity index (χ2v) is 7.80. The van der Waals surface area contributed by atoms with Crippen molar-refractivity contribution < 1.29 is 14.6 Å². The number of carbonyl (C=O) groups excluding carboxylic acids is 1. The van der Waals surface area contributed by atoms with E-state index >= 15 is 0 Å². The lowest BCUT2D eigenvalue weighted by atomic mass is 9.95. The van der Waals surface area contributed by atoms with Crippen LogP contribution < -0.4 is 5.32 Å². The maximum atomic E-state index is 12.0. The highest BCUT2D eigenvalue weighted by Crippen LogP contribution is 2.36. The number of nitrogens with one attached hydrogen (secondary N) is 1. The average molecular weight is 346 g/mol. The predicted molar refractivity (Wildman–Crippen MR) is 97.4 cm³/mol. The third-order valence-corrected chi connectivity index (χ3v) is 5.30. The predicted octanol–water partition coefficient (Wildman–Crippen LogP) is 2.67. The number of carbonyl (C=O) groups is 1. The Hall–Kier alpha value is -1.59. The Morgan fingerprint density at radius 3 is 2.80 bits per heavy atom. The molecule has 0 spiro atoms. The van der Waals surface area contributed by atoms with Crippen LogP contribution in [0.3, 0.4) is 0 Å². The van der Waals surface area contributed by atoms with E-state index in [2.05, 4.69) is 11.4 Å². The van der Waals surface area contributed by atoms with Crippen LogP contribution in [-0.2, 0) is 16.8 Å². The van der Waals surface area contributed by atoms with Gasteiger partial charge in [-0.1, -0.05) is 38.1 Å². The third-order valence-electron chi connectivity index (χ3n) is 5.30. The Bertz CT molecular complexity index is 596. The van der Waals surface area contributed by atoms with Gasteiger partial charge in [-0.15, -0.1) is 0 Å². The molecular weight excluding hydrogens is 316 g/mol. The zero-order chi connectivity index (χ0) is 17.9. The minimum absolute atomic E-state index is 0.199. The van der Waals surface area contributed by atoms with Gasteiger partial charge in [0.05, 0.1) is 6.61 Å². The zero-order valence-electron chi connectivity index (χ0n) is 15.3. The second kappa shape index (κ2) is 7.75. The van der Waals surface area contributed by atoms with Crippen molar-refractivity contribution in [1.82, 2.24) is 10.2 Å². The highest BCUT2D eigenvalue weighted by Gasteiger charge is 2.37. The van der Waals surface area contributed by atoms with E-state index in [-0.39, 0.29) is 6.09 Å². The summed E-state index contributed by atoms with van der Waals surface area (Å²) >= 11 is 0. The van der Waals surface area contributed by atoms with Gasteiger partial charge in [-0.05, 0) is 42.7 Å². The number of aliphatic hydroxyl groups is 1. The number of nitrogens with zero attached hydrogens (tertiary/aromatic N) is 1. The van der Waals surface area contributed by atoms with Crippen molar-refractivity contribution in [3.8, 4) is 0 Å². The smallest absolute Gasteiger partial charge is 0.409 e. The molecule has 1 saturated heterocycles. The Balaban J connectivity index is 1.45. The molecule has 2 N–H and O–H groups in total. The van der Waals surface area contributed by atoms with Crippen LogP contribution >= 0.6 is 0 Å². The number of ether oxygens (including phenoxy) is 1. The van der Waals surface area contributed by atoms with Gasteiger partial charge < -0.3 is 20.1 Å². The molecule has 0 bridgehead atoms. The summed E-state index contributed by atoms with van der Waals surface area (Å²) in [5.41, 5.74) is 1.57. The third kappa shape index (κ3) is 4.33. The van der Waals surface area contributed by atoms with Gasteiger partial charge in [0.15, 0.2) is 0 Å². The lowest BCUT2D eigenvalue weighted by Crippen LogP contribution is -2.48. The van der Waals surface area contributed by atoms with Crippen molar-refractivity contribution in [1.29, 1.82) is 0 Å². The molecule has 25 heavy (non-hydrogen) atoms. The van der Waals surface area contributed by atoms with Crippen molar-refractivity contribution in [2.75, 3.05) is 26.2 Å². The molecule has 0 aromatic heterocycles. The summed E-state index contributed by atoms with van der Waals surface area (Å²) in [5.74, 6) is 0.359. The van der Waals surface area contributed by atoms with Gasteiger partial charge in [0, 0.05) is 25.7 Å². The summed E-state index contributed by atoms with van der Waals surface area (Å²) in [4.78, 5) is 13.8. The quantitative estimate of drug-likeness (QED) is 0.860. The van der Waals surface area contributed by atoms with Gasteiger partial charge in [-0.3, -0.25) is 0 Å². The van der Waals surface area contributed by atoms with E-state index in [1.54, 1.807) is 4.90 Å². The summed E-state index contributed by atoms with van der Waals surface area (Å²) in [7, 11) is 0. The molecule has 1 aromatic carbocycles. The minimum Gasteiger partial charge on any atom is -0.449 e. The van der Waals surface area contributed by atoms with Gasteiger partial charge >= 0.3 is 6.09 Å². The van der Waals surface area contributed by atoms with Crippen LogP contribution in [0.2, 0.25) is 0 Å². The molecule has 1 unspecified atom stereocenters. The SMILES string of the molecule is CC(C)COC(=O)N1CCC(NCC2(O)CCc3ccccc32)CC1. The van der Waals surface area contributed by atoms with Gasteiger partial charge in [0.1, 0.15) is 5.60 Å². The molecule has 3 rings (SSSR count). The van der Waals surface area contributed by atoms with Crippen LogP contribution in [0.25, 0.3) is 0 Å². The Kier molecular flexibility index (Phi) is 5.64. The molecular formula is C20H30N2O3. The van der Waals surface area contributed by atoms with E-state index < -0.39 is 5.60 Å². The van der Waals surface area contributed by atoms with E-state index in [0.29, 0.717) is 38.2 Å². The molecule has 138 valence electrons. The molecule has 5 nitrogen and oxygen atoms in total. The summed E-state index contributed by atoms with van der Waals surface area (Å²) in [6, 6.07) is 8.51. The standard InChI is InChI=1S/C20H30N2O3/c1-15(2)13-25-19(23)22-11-8-17(9-12-22)21-14-20(24)10-7-16-5-3-4-6-18(16)20/h3-6,15,17,21,24H,7-14H2,1-2H3. The molecule has 1 heterocycles. The molecule has 5 heteroatoms. The Morgan fingerprint density at radius 2 is 2.08 bits per heavy atom. The monoisotopic (exact) mass is 346 g/mol. The maximum Gasteiger partial charge on any atom is 0.409 e. The maximum absolute atomic E-state index is 12.0. The van der Waals surface area contributed by atoms with E-state index in [1.165, 1.54) is 5.56 Å². The highest BCUT2D eigenvalue weighted by atomic mass is 16.6. The van der Waals surface area contributed by atoms with E-state index in [9.17, 15) is 9.90 Å². The van der Waals surface area contributed by atoms with Crippen LogP contribution in [0.5, 0.6) is 0 Å². The number of aryl methyl sites for hydroxylation is 1. The first kappa shape index (κ1) is 18.2. The molecule has 1 fully saturated rings. The average Bonchev–Trinajstić information content (AvgIpc) is 2.96. The molecule has 1 amide bonds. The van der Waals surface area contributed by atoms with Crippen LogP contribution in [-0.4, -0.2) is 48.4 Å². The molecule has 0 saturated carbocycles. The number of benzene rings is 1. The van der Waals surface area contributed by atoms with Crippen molar-refractivity contribution in [2.24, 2.45) is 5.92 Å². The molecule has 1 atom stereocenters. The van der Waals surface area contributed by atoms with Crippen molar-refractivity contribution in [3.05, 3.63) is 35.4 Å². The van der Waals surface area contributed by atoms with Crippen LogP contribution in [0, 0.1) is 5.92 Å². The molecule has 1 aromatic rings. The van der Waals surface area contributed by atoms with Crippen molar-refractivity contribution >= 4 is 6.09 Å². The first-order chi connectivity index (χ1) is 12.0. The van der Waals surface area contributed by atoms with Crippen LogP contribution in [0.1, 0.15) is 44.2 Å². The summed E-state index contributed by atoms with van der Waals surface area (Å²) in [6.07, 6.45) is 3.31. The number of hydrogen-bond acceptors (Lipinski definition) is 4. The first-order valence-corrected chi connectivity index (χ1v) is 9.44. The van der Waals surface area contributed by atoms with Gasteiger partial charge in [-0.2, -0.15) is 0 Å². The summed E-state index contributed by atoms with van der Waals surface area (Å²) in [5, 5.41) is 14.5. The van der Waals surface area contributed by atoms with Crippen LogP contribution in [0.15, 0.2) is 24.3 Å². The van der Waals surface area contributed by atoms with Gasteiger partial charge in [0.2, 0.25) is 0 Å². The lowest BCUT2D eigenvalue weighted by molar-refractivity contribution is 0.0319. The van der Waals surface area contributed by atoms with Crippen molar-refractivity contribution in [3.63, 3.8) is 0 Å². The lowest BCUT2D eigenvalue weighted by Gasteiger charge is -2.34. The number of piperidine rings is 1. The number of hydrogen-bond donors (Lipinski definition) is 2. The largest absolute Gasteiger partial charge is 0.449 e. The number of rotatable bonds is 5. The number of amides is 1. The van der Waals surface area contributed by atoms with Crippen molar-refractivity contribution in [2.45, 2.75) is 51.2 Å². The summed E-state index contributed by atoms with van der Waals surface area (Å²) < 4.78 is 5.30. The van der Waals surface area contributed by atoms with Gasteiger partial charge in [-0.25, -0.2) is 4.79 Å². The fourth-order valence-corrected chi connectivity index (χ4v) is 3.76. The zero-order valence-corrected chi connectivity index (χ0v) is 15.3. The number of likely N-dealkylation sites (tertiary alicyclic amines) is 1. The van der Waals surface area contributed by atoms with Gasteiger partial charge in [0.25, 0.3) is 0 Å². The minimum atomic E-state index is -0.760. The first-order valence-electron chi connectivity index (χ1n) is 9.44. The fourth-order valence-electron chi connectivity index (χ4n) is 3.76. The van der Waals surface area contributed by atoms with Crippen LogP contribution in [0.4, 0.5) is 4.79 Å². The molecule has 0 radical (unpaired) electrons. The highest BCUT2D eigenvalue weighted by molar-refractivity contribution is 5.67. The normalized spacial score (nSPS) is 23.8. The molecule has 1 aliphatic heterocycles. The van der Waals surface area contributed by atoms with E-state index in [0.717, 1.165) is 31.2 Å². The Morgan fingerprint density at radius 1 is 1.36 bits per heavy atom. The molecule has 1 aliphatic carbocycles. The number of fused-ring (bicyclic) bond motifs is 1. The van der Waals surface area contributed by atoms with E-state index in [4.69, 9.17) is 4.74 Å². The second-order valence-electron chi connectivity index (χ2n) is 7.80. The Labute approximate surface area is 150 Å².